The number of aromatic nitrogens is 1. The maximum absolute atomic E-state index is 12.9. The number of alkyl halides is 3. The lowest BCUT2D eigenvalue weighted by molar-refractivity contribution is -0.137. The van der Waals surface area contributed by atoms with Crippen LogP contribution < -0.4 is 9.62 Å². The van der Waals surface area contributed by atoms with Crippen molar-refractivity contribution >= 4 is 33.5 Å². The Morgan fingerprint density at radius 3 is 2.23 bits per heavy atom. The van der Waals surface area contributed by atoms with E-state index in [0.717, 1.165) is 30.3 Å². The van der Waals surface area contributed by atoms with Crippen LogP contribution in [0.1, 0.15) is 5.56 Å². The van der Waals surface area contributed by atoms with Gasteiger partial charge in [-0.1, -0.05) is 11.6 Å². The van der Waals surface area contributed by atoms with Gasteiger partial charge in [-0.15, -0.1) is 0 Å². The van der Waals surface area contributed by atoms with Crippen LogP contribution in [-0.4, -0.2) is 50.5 Å². The van der Waals surface area contributed by atoms with Gasteiger partial charge in [0.25, 0.3) is 10.0 Å². The van der Waals surface area contributed by atoms with Gasteiger partial charge in [-0.25, -0.2) is 27.3 Å². The van der Waals surface area contributed by atoms with E-state index in [1.54, 1.807) is 4.90 Å². The summed E-state index contributed by atoms with van der Waals surface area (Å²) in [7, 11) is -4.18. The molecule has 0 saturated carbocycles. The number of pyridine rings is 1. The second-order valence-electron chi connectivity index (χ2n) is 6.37. The Morgan fingerprint density at radius 2 is 1.70 bits per heavy atom. The number of hydrogen-bond acceptors (Lipinski definition) is 5. The van der Waals surface area contributed by atoms with Crippen LogP contribution in [0.3, 0.4) is 0 Å². The van der Waals surface area contributed by atoms with Crippen molar-refractivity contribution in [3.8, 4) is 0 Å². The van der Waals surface area contributed by atoms with Crippen molar-refractivity contribution in [2.24, 2.45) is 0 Å². The lowest BCUT2D eigenvalue weighted by Crippen LogP contribution is -2.53. The smallest absolute Gasteiger partial charge is 0.352 e. The Balaban J connectivity index is 1.63. The van der Waals surface area contributed by atoms with Crippen LogP contribution in [0, 0.1) is 5.82 Å². The average Bonchev–Trinajstić information content (AvgIpc) is 2.67. The van der Waals surface area contributed by atoms with E-state index in [1.165, 1.54) is 4.90 Å². The number of hydrogen-bond donors (Lipinski definition) is 1. The Bertz CT molecular complexity index is 1040. The van der Waals surface area contributed by atoms with Crippen LogP contribution >= 0.6 is 11.6 Å². The molecule has 2 aromatic rings. The maximum atomic E-state index is 12.9. The summed E-state index contributed by atoms with van der Waals surface area (Å²) in [5, 5.41) is -0.179. The number of halogens is 5. The number of sulfonamides is 1. The first-order valence-corrected chi connectivity index (χ1v) is 10.4. The van der Waals surface area contributed by atoms with E-state index in [1.807, 2.05) is 4.72 Å². The molecule has 2 amide bonds. The lowest BCUT2D eigenvalue weighted by atomic mass is 10.2. The fourth-order valence-electron chi connectivity index (χ4n) is 2.79. The number of amides is 2. The van der Waals surface area contributed by atoms with E-state index in [-0.39, 0.29) is 41.9 Å². The minimum absolute atomic E-state index is 0.0871. The fraction of sp³-hybridized carbons (Fsp3) is 0.294. The van der Waals surface area contributed by atoms with Crippen molar-refractivity contribution in [1.82, 2.24) is 14.6 Å². The Kier molecular flexibility index (Phi) is 6.09. The summed E-state index contributed by atoms with van der Waals surface area (Å²) in [6, 6.07) is 3.88. The highest BCUT2D eigenvalue weighted by Gasteiger charge is 2.33. The molecule has 0 bridgehead atoms. The quantitative estimate of drug-likeness (QED) is 0.703. The Morgan fingerprint density at radius 1 is 1.10 bits per heavy atom. The molecule has 0 aliphatic carbocycles. The molecule has 1 aliphatic rings. The SMILES string of the molecule is O=C(NS(=O)(=O)c1ccc(F)cc1)N1CCN(c2ncc(C(F)(F)F)cc2Cl)CC1. The minimum atomic E-state index is -4.57. The topological polar surface area (TPSA) is 82.6 Å². The van der Waals surface area contributed by atoms with Crippen LogP contribution in [0.2, 0.25) is 5.02 Å². The number of piperazine rings is 1. The summed E-state index contributed by atoms with van der Waals surface area (Å²) < 4.78 is 77.5. The van der Waals surface area contributed by atoms with Gasteiger partial charge >= 0.3 is 12.2 Å². The van der Waals surface area contributed by atoms with E-state index in [2.05, 4.69) is 4.98 Å². The number of anilines is 1. The average molecular weight is 467 g/mol. The van der Waals surface area contributed by atoms with Gasteiger partial charge in [0.15, 0.2) is 0 Å². The first-order valence-electron chi connectivity index (χ1n) is 8.52. The van der Waals surface area contributed by atoms with E-state index >= 15 is 0 Å². The summed E-state index contributed by atoms with van der Waals surface area (Å²) in [5.41, 5.74) is -0.972. The largest absolute Gasteiger partial charge is 0.417 e. The van der Waals surface area contributed by atoms with Gasteiger partial charge in [0.2, 0.25) is 0 Å². The van der Waals surface area contributed by atoms with Gasteiger partial charge in [0, 0.05) is 32.4 Å². The minimum Gasteiger partial charge on any atom is -0.352 e. The van der Waals surface area contributed by atoms with Crippen LogP contribution in [0.25, 0.3) is 0 Å². The first-order chi connectivity index (χ1) is 14.0. The monoisotopic (exact) mass is 466 g/mol. The molecular weight excluding hydrogens is 452 g/mol. The lowest BCUT2D eigenvalue weighted by Gasteiger charge is -2.35. The molecule has 3 rings (SSSR count). The zero-order chi connectivity index (χ0) is 22.1. The summed E-state index contributed by atoms with van der Waals surface area (Å²) in [6.07, 6.45) is -3.89. The zero-order valence-corrected chi connectivity index (χ0v) is 16.7. The third kappa shape index (κ3) is 4.93. The predicted molar refractivity (Wildman–Crippen MR) is 100 cm³/mol. The number of urea groups is 1. The molecule has 1 aromatic heterocycles. The second-order valence-corrected chi connectivity index (χ2v) is 8.46. The molecule has 162 valence electrons. The van der Waals surface area contributed by atoms with Crippen LogP contribution in [0.15, 0.2) is 41.4 Å². The van der Waals surface area contributed by atoms with Gasteiger partial charge in [0.1, 0.15) is 11.6 Å². The Labute approximate surface area is 174 Å². The van der Waals surface area contributed by atoms with Crippen LogP contribution in [0.5, 0.6) is 0 Å². The molecule has 30 heavy (non-hydrogen) atoms. The van der Waals surface area contributed by atoms with Crippen LogP contribution in [0.4, 0.5) is 28.2 Å². The highest BCUT2D eigenvalue weighted by atomic mass is 35.5. The standard InChI is InChI=1S/C17H15ClF4N4O3S/c18-14-9-11(17(20,21)22)10-23-15(14)25-5-7-26(8-6-25)16(27)24-30(28,29)13-3-1-12(19)2-4-13/h1-4,9-10H,5-8H2,(H,24,27). The van der Waals surface area contributed by atoms with Gasteiger partial charge in [0.05, 0.1) is 15.5 Å². The number of nitrogens with one attached hydrogen (secondary N) is 1. The molecule has 13 heteroatoms. The maximum Gasteiger partial charge on any atom is 0.417 e. The van der Waals surface area contributed by atoms with Gasteiger partial charge < -0.3 is 9.80 Å². The molecule has 2 heterocycles. The number of carbonyl (C=O) groups is 1. The van der Waals surface area contributed by atoms with Crippen molar-refractivity contribution in [3.05, 3.63) is 52.9 Å². The molecule has 0 unspecified atom stereocenters. The van der Waals surface area contributed by atoms with Crippen molar-refractivity contribution in [1.29, 1.82) is 0 Å². The van der Waals surface area contributed by atoms with E-state index in [9.17, 15) is 30.8 Å². The molecule has 1 aliphatic heterocycles. The summed E-state index contributed by atoms with van der Waals surface area (Å²) >= 11 is 5.93. The number of benzene rings is 1. The molecule has 0 spiro atoms. The highest BCUT2D eigenvalue weighted by molar-refractivity contribution is 7.90. The van der Waals surface area contributed by atoms with E-state index in [0.29, 0.717) is 6.20 Å². The number of nitrogens with zero attached hydrogens (tertiary/aromatic N) is 3. The summed E-state index contributed by atoms with van der Waals surface area (Å²) in [6.45, 7) is 0.539. The number of rotatable bonds is 3. The highest BCUT2D eigenvalue weighted by Crippen LogP contribution is 2.33. The fourth-order valence-corrected chi connectivity index (χ4v) is 4.05. The van der Waals surface area contributed by atoms with Crippen molar-refractivity contribution in [2.75, 3.05) is 31.1 Å². The molecule has 1 N–H and O–H groups in total. The molecule has 1 aromatic carbocycles. The predicted octanol–water partition coefficient (Wildman–Crippen LogP) is 3.11. The molecular formula is C17H15ClF4N4O3S. The normalized spacial score (nSPS) is 15.2. The van der Waals surface area contributed by atoms with Crippen LogP contribution in [-0.2, 0) is 16.2 Å². The van der Waals surface area contributed by atoms with Gasteiger partial charge in [-0.05, 0) is 30.3 Å². The summed E-state index contributed by atoms with van der Waals surface area (Å²) in [5.74, 6) is -0.476. The third-order valence-corrected chi connectivity index (χ3v) is 5.98. The first kappa shape index (κ1) is 22.1. The number of carbonyl (C=O) groups excluding carboxylic acids is 1. The second kappa shape index (κ2) is 8.26. The van der Waals surface area contributed by atoms with Crippen molar-refractivity contribution in [3.63, 3.8) is 0 Å². The van der Waals surface area contributed by atoms with Gasteiger partial charge in [-0.3, -0.25) is 0 Å². The molecule has 7 nitrogen and oxygen atoms in total. The Hall–Kier alpha value is -2.60. The van der Waals surface area contributed by atoms with Gasteiger partial charge in [-0.2, -0.15) is 13.2 Å². The molecule has 0 atom stereocenters. The molecule has 1 fully saturated rings. The van der Waals surface area contributed by atoms with E-state index in [4.69, 9.17) is 11.6 Å². The summed E-state index contributed by atoms with van der Waals surface area (Å²) in [4.78, 5) is 18.6. The third-order valence-electron chi connectivity index (χ3n) is 4.36. The zero-order valence-electron chi connectivity index (χ0n) is 15.2. The van der Waals surface area contributed by atoms with Crippen molar-refractivity contribution in [2.45, 2.75) is 11.1 Å². The van der Waals surface area contributed by atoms with Crippen molar-refractivity contribution < 1.29 is 30.8 Å². The molecule has 0 radical (unpaired) electrons. The molecule has 1 saturated heterocycles. The van der Waals surface area contributed by atoms with E-state index < -0.39 is 33.6 Å².